The van der Waals surface area contributed by atoms with Gasteiger partial charge in [-0.05, 0) is 41.5 Å². The predicted molar refractivity (Wildman–Crippen MR) is 138 cm³/mol. The topological polar surface area (TPSA) is 160 Å². The Balaban J connectivity index is 1.52. The minimum atomic E-state index is -1.27. The van der Waals surface area contributed by atoms with Gasteiger partial charge in [0.05, 0.1) is 6.10 Å². The number of benzene rings is 4. The molecule has 0 radical (unpaired) electrons. The Kier molecular flexibility index (Phi) is 5.90. The van der Waals surface area contributed by atoms with Crippen molar-refractivity contribution in [3.05, 3.63) is 101 Å². The number of rotatable bonds is 3. The first kappa shape index (κ1) is 24.7. The van der Waals surface area contributed by atoms with Crippen LogP contribution in [0.2, 0.25) is 0 Å². The maximum absolute atomic E-state index is 11.7. The van der Waals surface area contributed by atoms with Crippen molar-refractivity contribution in [3.8, 4) is 40.2 Å². The Morgan fingerprint density at radius 2 is 1.21 bits per heavy atom. The van der Waals surface area contributed by atoms with Gasteiger partial charge in [0.2, 0.25) is 0 Å². The summed E-state index contributed by atoms with van der Waals surface area (Å²) in [5.74, 6) is -1.11. The van der Waals surface area contributed by atoms with E-state index in [-0.39, 0.29) is 57.8 Å². The summed E-state index contributed by atoms with van der Waals surface area (Å²) in [6.45, 7) is 0. The van der Waals surface area contributed by atoms with E-state index >= 15 is 0 Å². The molecule has 4 aromatic carbocycles. The van der Waals surface area contributed by atoms with Gasteiger partial charge in [0, 0.05) is 41.2 Å². The highest BCUT2D eigenvalue weighted by molar-refractivity contribution is 5.63. The molecule has 6 rings (SSSR count). The number of aromatic hydroxyl groups is 5. The van der Waals surface area contributed by atoms with Crippen LogP contribution in [-0.2, 0) is 6.42 Å². The highest BCUT2D eigenvalue weighted by Crippen LogP contribution is 2.55. The fourth-order valence-electron chi connectivity index (χ4n) is 5.50. The number of fused-ring (bicyclic) bond motifs is 2. The third-order valence-electron chi connectivity index (χ3n) is 7.38. The molecule has 0 saturated carbocycles. The molecule has 200 valence electrons. The molecule has 9 heteroatoms. The van der Waals surface area contributed by atoms with Crippen LogP contribution in [-0.4, -0.2) is 48.0 Å². The Labute approximate surface area is 223 Å². The van der Waals surface area contributed by atoms with Crippen molar-refractivity contribution in [2.45, 2.75) is 36.8 Å². The number of hydrogen-bond donors (Lipinski definition) is 7. The lowest BCUT2D eigenvalue weighted by Crippen LogP contribution is -2.36. The first-order chi connectivity index (χ1) is 18.7. The van der Waals surface area contributed by atoms with E-state index in [0.29, 0.717) is 16.7 Å². The summed E-state index contributed by atoms with van der Waals surface area (Å²) in [4.78, 5) is 0. The highest BCUT2D eigenvalue weighted by atomic mass is 16.5. The number of hydrogen-bond acceptors (Lipinski definition) is 9. The normalized spacial score (nSPS) is 23.7. The molecular weight excluding hydrogens is 504 g/mol. The lowest BCUT2D eigenvalue weighted by molar-refractivity contribution is 0.00194. The van der Waals surface area contributed by atoms with Crippen LogP contribution in [0.1, 0.15) is 45.9 Å². The summed E-state index contributed by atoms with van der Waals surface area (Å²) >= 11 is 0. The van der Waals surface area contributed by atoms with Gasteiger partial charge in [-0.3, -0.25) is 0 Å². The van der Waals surface area contributed by atoms with Gasteiger partial charge >= 0.3 is 0 Å². The Hall–Kier alpha value is -4.60. The predicted octanol–water partition coefficient (Wildman–Crippen LogP) is 3.88. The van der Waals surface area contributed by atoms with Gasteiger partial charge in [0.25, 0.3) is 0 Å². The lowest BCUT2D eigenvalue weighted by atomic mass is 9.78. The first-order valence-electron chi connectivity index (χ1n) is 12.4. The fourth-order valence-corrected chi connectivity index (χ4v) is 5.50. The molecule has 0 amide bonds. The molecule has 2 aliphatic rings. The third kappa shape index (κ3) is 4.21. The van der Waals surface area contributed by atoms with Gasteiger partial charge in [-0.15, -0.1) is 0 Å². The molecule has 0 aliphatic carbocycles. The number of phenolic OH excluding ortho intramolecular Hbond substituents is 5. The summed E-state index contributed by atoms with van der Waals surface area (Å²) in [7, 11) is 0. The van der Waals surface area contributed by atoms with Crippen molar-refractivity contribution in [2.24, 2.45) is 0 Å². The van der Waals surface area contributed by atoms with Crippen molar-refractivity contribution in [1.29, 1.82) is 0 Å². The molecule has 0 fully saturated rings. The minimum absolute atomic E-state index is 0.00311. The van der Waals surface area contributed by atoms with Gasteiger partial charge in [-0.2, -0.15) is 0 Å². The van der Waals surface area contributed by atoms with E-state index in [2.05, 4.69) is 0 Å². The van der Waals surface area contributed by atoms with Crippen LogP contribution in [0.3, 0.4) is 0 Å². The SMILES string of the molecule is Oc1ccc([C@H]2Oc3cc(O)ccc3[C@H](c3c(O)cc(O)c4c3O[C@H](c3ccc(O)cc3)[C@H](O)C4)[C@@H]2O)cc1. The molecule has 0 spiro atoms. The average molecular weight is 531 g/mol. The van der Waals surface area contributed by atoms with Crippen LogP contribution < -0.4 is 9.47 Å². The maximum atomic E-state index is 11.7. The number of aliphatic hydroxyl groups excluding tert-OH is 2. The van der Waals surface area contributed by atoms with Crippen molar-refractivity contribution < 1.29 is 45.2 Å². The van der Waals surface area contributed by atoms with Gasteiger partial charge in [-0.25, -0.2) is 0 Å². The van der Waals surface area contributed by atoms with Crippen LogP contribution in [0.4, 0.5) is 0 Å². The van der Waals surface area contributed by atoms with E-state index in [9.17, 15) is 35.7 Å². The first-order valence-corrected chi connectivity index (χ1v) is 12.4. The fraction of sp³-hybridized carbons (Fsp3) is 0.200. The lowest BCUT2D eigenvalue weighted by Gasteiger charge is -2.40. The summed E-state index contributed by atoms with van der Waals surface area (Å²) in [5, 5.41) is 74.1. The molecule has 0 unspecified atom stereocenters. The highest BCUT2D eigenvalue weighted by Gasteiger charge is 2.44. The second kappa shape index (κ2) is 9.30. The van der Waals surface area contributed by atoms with Crippen LogP contribution in [0, 0.1) is 0 Å². The average Bonchev–Trinajstić information content (AvgIpc) is 2.91. The van der Waals surface area contributed by atoms with Crippen LogP contribution >= 0.6 is 0 Å². The van der Waals surface area contributed by atoms with E-state index < -0.39 is 30.3 Å². The summed E-state index contributed by atoms with van der Waals surface area (Å²) in [5.41, 5.74) is 2.04. The standard InChI is InChI=1S/C30H26O9/c31-16-5-1-14(2-6-16)28-23(36)12-20-21(34)13-22(35)26(30(20)39-28)25-19-10-9-18(33)11-24(19)38-29(27(25)37)15-3-7-17(32)8-4-15/h1-11,13,23,25,27-29,31-37H,12H2/t23-,25-,27+,28-,29-/m1/s1. The summed E-state index contributed by atoms with van der Waals surface area (Å²) in [6, 6.07) is 17.9. The van der Waals surface area contributed by atoms with Crippen molar-refractivity contribution >= 4 is 0 Å². The zero-order valence-electron chi connectivity index (χ0n) is 20.5. The van der Waals surface area contributed by atoms with Crippen molar-refractivity contribution in [3.63, 3.8) is 0 Å². The smallest absolute Gasteiger partial charge is 0.150 e. The molecule has 2 heterocycles. The van der Waals surface area contributed by atoms with E-state index in [1.54, 1.807) is 30.3 Å². The maximum Gasteiger partial charge on any atom is 0.150 e. The third-order valence-corrected chi connectivity index (χ3v) is 7.38. The monoisotopic (exact) mass is 530 g/mol. The van der Waals surface area contributed by atoms with E-state index in [1.165, 1.54) is 36.4 Å². The second-order valence-corrected chi connectivity index (χ2v) is 9.86. The molecule has 0 saturated heterocycles. The Morgan fingerprint density at radius 1 is 0.615 bits per heavy atom. The van der Waals surface area contributed by atoms with Gasteiger partial charge in [0.1, 0.15) is 52.5 Å². The molecule has 9 nitrogen and oxygen atoms in total. The zero-order valence-corrected chi connectivity index (χ0v) is 20.5. The van der Waals surface area contributed by atoms with E-state index in [1.807, 2.05) is 0 Å². The molecule has 39 heavy (non-hydrogen) atoms. The second-order valence-electron chi connectivity index (χ2n) is 9.86. The zero-order chi connectivity index (χ0) is 27.4. The molecule has 7 N–H and O–H groups in total. The summed E-state index contributed by atoms with van der Waals surface area (Å²) in [6.07, 6.45) is -4.14. The largest absolute Gasteiger partial charge is 0.508 e. The van der Waals surface area contributed by atoms with Gasteiger partial charge in [0.15, 0.2) is 6.10 Å². The van der Waals surface area contributed by atoms with E-state index in [4.69, 9.17) is 9.47 Å². The molecule has 2 aliphatic heterocycles. The molecular formula is C30H26O9. The number of aliphatic hydroxyl groups is 2. The number of ether oxygens (including phenoxy) is 2. The van der Waals surface area contributed by atoms with Crippen LogP contribution in [0.15, 0.2) is 72.8 Å². The quantitative estimate of drug-likeness (QED) is 0.209. The van der Waals surface area contributed by atoms with Crippen molar-refractivity contribution in [1.82, 2.24) is 0 Å². The van der Waals surface area contributed by atoms with Gasteiger partial charge in [-0.1, -0.05) is 30.3 Å². The van der Waals surface area contributed by atoms with Gasteiger partial charge < -0.3 is 45.2 Å². The van der Waals surface area contributed by atoms with Crippen LogP contribution in [0.25, 0.3) is 0 Å². The minimum Gasteiger partial charge on any atom is -0.508 e. The molecule has 0 aromatic heterocycles. The van der Waals surface area contributed by atoms with Crippen molar-refractivity contribution in [2.75, 3.05) is 0 Å². The Morgan fingerprint density at radius 3 is 1.85 bits per heavy atom. The molecule has 4 aromatic rings. The number of phenols is 5. The molecule has 0 bridgehead atoms. The van der Waals surface area contributed by atoms with Crippen LogP contribution in [0.5, 0.6) is 40.2 Å². The molecule has 5 atom stereocenters. The Bertz CT molecular complexity index is 1530. The van der Waals surface area contributed by atoms with E-state index in [0.717, 1.165) is 6.07 Å². The summed E-state index contributed by atoms with van der Waals surface area (Å²) < 4.78 is 12.4.